The second-order valence-corrected chi connectivity index (χ2v) is 5.13. The first-order chi connectivity index (χ1) is 10.2. The predicted octanol–water partition coefficient (Wildman–Crippen LogP) is 2.64. The van der Waals surface area contributed by atoms with Crippen molar-refractivity contribution in [3.63, 3.8) is 0 Å². The molecule has 0 spiro atoms. The van der Waals surface area contributed by atoms with E-state index in [1.165, 1.54) is 0 Å². The monoisotopic (exact) mass is 283 g/mol. The lowest BCUT2D eigenvalue weighted by Crippen LogP contribution is -2.18. The summed E-state index contributed by atoms with van der Waals surface area (Å²) in [6, 6.07) is 13.4. The number of aliphatic hydroxyl groups is 1. The summed E-state index contributed by atoms with van der Waals surface area (Å²) in [5, 5.41) is 11.9. The highest BCUT2D eigenvalue weighted by Crippen LogP contribution is 2.27. The van der Waals surface area contributed by atoms with Gasteiger partial charge in [0.05, 0.1) is 6.61 Å². The van der Waals surface area contributed by atoms with Crippen LogP contribution in [0, 0.1) is 0 Å². The van der Waals surface area contributed by atoms with Gasteiger partial charge in [0, 0.05) is 18.2 Å². The molecule has 0 fully saturated rings. The van der Waals surface area contributed by atoms with Crippen LogP contribution in [0.25, 0.3) is 0 Å². The van der Waals surface area contributed by atoms with Crippen molar-refractivity contribution in [1.82, 2.24) is 0 Å². The summed E-state index contributed by atoms with van der Waals surface area (Å²) >= 11 is 0. The number of nitrogens with one attached hydrogen (secondary N) is 1. The number of hydrogen-bond donors (Lipinski definition) is 2. The SMILES string of the molecule is O=C1CCc2ccc(OCc3ccc(CO)cc3)cc2N1. The van der Waals surface area contributed by atoms with Crippen molar-refractivity contribution in [1.29, 1.82) is 0 Å². The Morgan fingerprint density at radius 1 is 1.05 bits per heavy atom. The summed E-state index contributed by atoms with van der Waals surface area (Å²) in [5.41, 5.74) is 3.91. The van der Waals surface area contributed by atoms with E-state index >= 15 is 0 Å². The average Bonchev–Trinajstić information content (AvgIpc) is 2.53. The minimum absolute atomic E-state index is 0.0473. The molecule has 2 aromatic carbocycles. The second kappa shape index (κ2) is 5.97. The van der Waals surface area contributed by atoms with Gasteiger partial charge >= 0.3 is 0 Å². The van der Waals surface area contributed by atoms with E-state index in [-0.39, 0.29) is 12.5 Å². The summed E-state index contributed by atoms with van der Waals surface area (Å²) < 4.78 is 5.75. The van der Waals surface area contributed by atoms with E-state index in [0.29, 0.717) is 13.0 Å². The van der Waals surface area contributed by atoms with Gasteiger partial charge < -0.3 is 15.2 Å². The Morgan fingerprint density at radius 2 is 1.81 bits per heavy atom. The number of aryl methyl sites for hydroxylation is 1. The van der Waals surface area contributed by atoms with Gasteiger partial charge in [-0.15, -0.1) is 0 Å². The molecule has 1 aliphatic rings. The molecular formula is C17H17NO3. The fourth-order valence-corrected chi connectivity index (χ4v) is 2.35. The van der Waals surface area contributed by atoms with Crippen molar-refractivity contribution in [2.75, 3.05) is 5.32 Å². The highest BCUT2D eigenvalue weighted by Gasteiger charge is 2.14. The molecule has 0 saturated carbocycles. The molecule has 0 aliphatic carbocycles. The minimum atomic E-state index is 0.0473. The van der Waals surface area contributed by atoms with Crippen LogP contribution < -0.4 is 10.1 Å². The van der Waals surface area contributed by atoms with Gasteiger partial charge in [-0.2, -0.15) is 0 Å². The zero-order valence-corrected chi connectivity index (χ0v) is 11.6. The number of anilines is 1. The molecule has 3 rings (SSSR count). The van der Waals surface area contributed by atoms with Crippen molar-refractivity contribution in [2.24, 2.45) is 0 Å². The van der Waals surface area contributed by atoms with E-state index in [2.05, 4.69) is 5.32 Å². The van der Waals surface area contributed by atoms with Gasteiger partial charge in [0.25, 0.3) is 0 Å². The van der Waals surface area contributed by atoms with Crippen LogP contribution in [0.4, 0.5) is 5.69 Å². The van der Waals surface area contributed by atoms with Gasteiger partial charge in [0.15, 0.2) is 0 Å². The number of hydrogen-bond acceptors (Lipinski definition) is 3. The van der Waals surface area contributed by atoms with E-state index in [9.17, 15) is 4.79 Å². The van der Waals surface area contributed by atoms with Crippen LogP contribution >= 0.6 is 0 Å². The molecule has 0 radical (unpaired) electrons. The number of carbonyl (C=O) groups is 1. The number of benzene rings is 2. The molecule has 0 bridgehead atoms. The molecule has 1 amide bonds. The van der Waals surface area contributed by atoms with Crippen LogP contribution in [0.1, 0.15) is 23.1 Å². The Hall–Kier alpha value is -2.33. The van der Waals surface area contributed by atoms with Crippen molar-refractivity contribution < 1.29 is 14.6 Å². The third-order valence-corrected chi connectivity index (χ3v) is 3.59. The van der Waals surface area contributed by atoms with E-state index in [1.807, 2.05) is 42.5 Å². The zero-order chi connectivity index (χ0) is 14.7. The number of ether oxygens (including phenoxy) is 1. The van der Waals surface area contributed by atoms with Crippen molar-refractivity contribution in [3.05, 3.63) is 59.2 Å². The molecular weight excluding hydrogens is 266 g/mol. The Labute approximate surface area is 123 Å². The second-order valence-electron chi connectivity index (χ2n) is 5.13. The third kappa shape index (κ3) is 3.23. The van der Waals surface area contributed by atoms with Gasteiger partial charge in [-0.25, -0.2) is 0 Å². The molecule has 0 atom stereocenters. The maximum absolute atomic E-state index is 11.4. The van der Waals surface area contributed by atoms with Crippen molar-refractivity contribution in [2.45, 2.75) is 26.1 Å². The van der Waals surface area contributed by atoms with Crippen LogP contribution in [-0.4, -0.2) is 11.0 Å². The summed E-state index contributed by atoms with van der Waals surface area (Å²) in [6.45, 7) is 0.504. The lowest BCUT2D eigenvalue weighted by Gasteiger charge is -2.17. The lowest BCUT2D eigenvalue weighted by molar-refractivity contribution is -0.116. The molecule has 0 unspecified atom stereocenters. The fourth-order valence-electron chi connectivity index (χ4n) is 2.35. The summed E-state index contributed by atoms with van der Waals surface area (Å²) in [6.07, 6.45) is 1.33. The van der Waals surface area contributed by atoms with Gasteiger partial charge in [-0.05, 0) is 29.2 Å². The van der Waals surface area contributed by atoms with E-state index in [1.54, 1.807) is 0 Å². The third-order valence-electron chi connectivity index (χ3n) is 3.59. The quantitative estimate of drug-likeness (QED) is 0.907. The normalized spacial score (nSPS) is 13.5. The molecule has 2 N–H and O–H groups in total. The fraction of sp³-hybridized carbons (Fsp3) is 0.235. The molecule has 4 heteroatoms. The van der Waals surface area contributed by atoms with Crippen molar-refractivity contribution >= 4 is 11.6 Å². The van der Waals surface area contributed by atoms with Crippen LogP contribution in [0.2, 0.25) is 0 Å². The van der Waals surface area contributed by atoms with Crippen LogP contribution in [-0.2, 0) is 24.4 Å². The Balaban J connectivity index is 1.67. The lowest BCUT2D eigenvalue weighted by atomic mass is 10.0. The Kier molecular flexibility index (Phi) is 3.88. The van der Waals surface area contributed by atoms with E-state index < -0.39 is 0 Å². The Bertz CT molecular complexity index is 650. The van der Waals surface area contributed by atoms with Gasteiger partial charge in [0.2, 0.25) is 5.91 Å². The maximum Gasteiger partial charge on any atom is 0.224 e. The molecule has 21 heavy (non-hydrogen) atoms. The molecule has 0 saturated heterocycles. The molecule has 1 aliphatic heterocycles. The minimum Gasteiger partial charge on any atom is -0.489 e. The summed E-state index contributed by atoms with van der Waals surface area (Å²) in [4.78, 5) is 11.4. The molecule has 2 aromatic rings. The molecule has 4 nitrogen and oxygen atoms in total. The first-order valence-corrected chi connectivity index (χ1v) is 6.99. The number of rotatable bonds is 4. The van der Waals surface area contributed by atoms with Crippen LogP contribution in [0.5, 0.6) is 5.75 Å². The van der Waals surface area contributed by atoms with Gasteiger partial charge in [-0.3, -0.25) is 4.79 Å². The first-order valence-electron chi connectivity index (χ1n) is 6.99. The summed E-state index contributed by atoms with van der Waals surface area (Å²) in [5.74, 6) is 0.793. The number of amides is 1. The molecule has 1 heterocycles. The number of aliphatic hydroxyl groups excluding tert-OH is 1. The average molecular weight is 283 g/mol. The first kappa shape index (κ1) is 13.6. The topological polar surface area (TPSA) is 58.6 Å². The zero-order valence-electron chi connectivity index (χ0n) is 11.6. The highest BCUT2D eigenvalue weighted by atomic mass is 16.5. The standard InChI is InChI=1S/C17H17NO3/c19-10-12-1-3-13(4-2-12)11-21-15-7-5-14-6-8-17(20)18-16(14)9-15/h1-5,7,9,19H,6,8,10-11H2,(H,18,20). The van der Waals surface area contributed by atoms with Crippen LogP contribution in [0.3, 0.4) is 0 Å². The Morgan fingerprint density at radius 3 is 2.57 bits per heavy atom. The number of fused-ring (bicyclic) bond motifs is 1. The molecule has 0 aromatic heterocycles. The predicted molar refractivity (Wildman–Crippen MR) is 80.1 cm³/mol. The van der Waals surface area contributed by atoms with E-state index in [0.717, 1.165) is 34.5 Å². The van der Waals surface area contributed by atoms with Gasteiger partial charge in [-0.1, -0.05) is 30.3 Å². The summed E-state index contributed by atoms with van der Waals surface area (Å²) in [7, 11) is 0. The van der Waals surface area contributed by atoms with Crippen LogP contribution in [0.15, 0.2) is 42.5 Å². The smallest absolute Gasteiger partial charge is 0.224 e. The van der Waals surface area contributed by atoms with Gasteiger partial charge in [0.1, 0.15) is 12.4 Å². The largest absolute Gasteiger partial charge is 0.489 e. The maximum atomic E-state index is 11.4. The van der Waals surface area contributed by atoms with E-state index in [4.69, 9.17) is 9.84 Å². The number of carbonyl (C=O) groups excluding carboxylic acids is 1. The molecule has 108 valence electrons. The highest BCUT2D eigenvalue weighted by molar-refractivity contribution is 5.94. The van der Waals surface area contributed by atoms with Crippen molar-refractivity contribution in [3.8, 4) is 5.75 Å².